The van der Waals surface area contributed by atoms with E-state index < -0.39 is 58.0 Å². The Bertz CT molecular complexity index is 917. The fraction of sp³-hybridized carbons (Fsp3) is 0.0667. The summed E-state index contributed by atoms with van der Waals surface area (Å²) in [6.45, 7) is 0. The van der Waals surface area contributed by atoms with Crippen LogP contribution in [0.3, 0.4) is 0 Å². The number of benzene rings is 2. The summed E-state index contributed by atoms with van der Waals surface area (Å²) >= 11 is 0. The maximum atomic E-state index is 13.7. The van der Waals surface area contributed by atoms with Gasteiger partial charge in [0, 0.05) is 0 Å². The lowest BCUT2D eigenvalue weighted by Gasteiger charge is -2.14. The van der Waals surface area contributed by atoms with Crippen LogP contribution in [-0.4, -0.2) is 5.91 Å². The third-order valence-corrected chi connectivity index (χ3v) is 3.13. The third kappa shape index (κ3) is 3.30. The van der Waals surface area contributed by atoms with Crippen LogP contribution in [0.2, 0.25) is 0 Å². The van der Waals surface area contributed by atoms with Gasteiger partial charge in [0.2, 0.25) is 0 Å². The minimum absolute atomic E-state index is 0.206. The molecule has 0 aliphatic heterocycles. The van der Waals surface area contributed by atoms with Crippen molar-refractivity contribution >= 4 is 11.6 Å². The SMILES string of the molecule is N#Cc1ccc(C(=O)Nc2c(F)c(F)c(C(F)(F)F)c(F)c2F)c(F)c1. The van der Waals surface area contributed by atoms with Crippen LogP contribution in [0.15, 0.2) is 18.2 Å². The normalized spacial score (nSPS) is 11.2. The maximum Gasteiger partial charge on any atom is 0.422 e. The molecule has 0 bridgehead atoms. The van der Waals surface area contributed by atoms with E-state index in [0.717, 1.165) is 12.1 Å². The van der Waals surface area contributed by atoms with Crippen molar-refractivity contribution in [2.45, 2.75) is 6.18 Å². The van der Waals surface area contributed by atoms with Gasteiger partial charge in [0.05, 0.1) is 17.2 Å². The number of amides is 1. The van der Waals surface area contributed by atoms with Crippen LogP contribution in [0, 0.1) is 40.4 Å². The van der Waals surface area contributed by atoms with Gasteiger partial charge in [0.25, 0.3) is 5.91 Å². The Morgan fingerprint density at radius 2 is 1.50 bits per heavy atom. The molecule has 0 saturated heterocycles. The predicted molar refractivity (Wildman–Crippen MR) is 70.3 cm³/mol. The van der Waals surface area contributed by atoms with Gasteiger partial charge in [0.1, 0.15) is 17.1 Å². The van der Waals surface area contributed by atoms with Gasteiger partial charge in [0.15, 0.2) is 23.3 Å². The van der Waals surface area contributed by atoms with E-state index in [9.17, 15) is 39.9 Å². The van der Waals surface area contributed by atoms with E-state index in [1.54, 1.807) is 0 Å². The molecule has 0 aliphatic rings. The smallest absolute Gasteiger partial charge is 0.317 e. The molecule has 0 fully saturated rings. The molecule has 0 aromatic heterocycles. The van der Waals surface area contributed by atoms with Crippen LogP contribution >= 0.6 is 0 Å². The number of halogens is 8. The molecule has 0 spiro atoms. The number of hydrogen-bond donors (Lipinski definition) is 1. The van der Waals surface area contributed by atoms with Gasteiger partial charge in [-0.2, -0.15) is 18.4 Å². The average molecular weight is 380 g/mol. The molecule has 0 atom stereocenters. The standard InChI is InChI=1S/C15H4F8N2O/c16-7-3-5(4-24)1-2-6(7)14(26)25-13-11(19)9(17)8(15(21,22)23)10(18)12(13)20/h1-3H,(H,25,26). The van der Waals surface area contributed by atoms with E-state index in [0.29, 0.717) is 6.07 Å². The number of nitriles is 1. The Hall–Kier alpha value is -3.16. The number of hydrogen-bond acceptors (Lipinski definition) is 2. The Morgan fingerprint density at radius 3 is 1.92 bits per heavy atom. The molecule has 0 radical (unpaired) electrons. The average Bonchev–Trinajstić information content (AvgIpc) is 2.55. The van der Waals surface area contributed by atoms with Gasteiger partial charge in [-0.1, -0.05) is 0 Å². The number of carbonyl (C=O) groups excluding carboxylic acids is 1. The largest absolute Gasteiger partial charge is 0.422 e. The van der Waals surface area contributed by atoms with Gasteiger partial charge in [-0.25, -0.2) is 22.0 Å². The summed E-state index contributed by atoms with van der Waals surface area (Å²) in [5.74, 6) is -13.5. The van der Waals surface area contributed by atoms with E-state index in [2.05, 4.69) is 0 Å². The Labute approximate surface area is 139 Å². The lowest BCUT2D eigenvalue weighted by atomic mass is 10.1. The number of anilines is 1. The highest BCUT2D eigenvalue weighted by Crippen LogP contribution is 2.38. The van der Waals surface area contributed by atoms with Crippen molar-refractivity contribution in [3.63, 3.8) is 0 Å². The van der Waals surface area contributed by atoms with Crippen molar-refractivity contribution < 1.29 is 39.9 Å². The molecule has 3 nitrogen and oxygen atoms in total. The maximum absolute atomic E-state index is 13.7. The lowest BCUT2D eigenvalue weighted by molar-refractivity contribution is -0.143. The molecule has 0 saturated carbocycles. The van der Waals surface area contributed by atoms with Gasteiger partial charge in [-0.3, -0.25) is 4.79 Å². The summed E-state index contributed by atoms with van der Waals surface area (Å²) in [6, 6.07) is 3.82. The topological polar surface area (TPSA) is 52.9 Å². The molecule has 0 heterocycles. The highest BCUT2D eigenvalue weighted by Gasteiger charge is 2.42. The molecule has 0 aliphatic carbocycles. The second-order valence-corrected chi connectivity index (χ2v) is 4.76. The van der Waals surface area contributed by atoms with Crippen molar-refractivity contribution in [2.24, 2.45) is 0 Å². The first-order chi connectivity index (χ1) is 12.0. The first-order valence-corrected chi connectivity index (χ1v) is 6.43. The van der Waals surface area contributed by atoms with Crippen LogP contribution in [0.4, 0.5) is 40.8 Å². The van der Waals surface area contributed by atoms with Crippen LogP contribution < -0.4 is 5.32 Å². The highest BCUT2D eigenvalue weighted by molar-refractivity contribution is 6.04. The van der Waals surface area contributed by atoms with Crippen molar-refractivity contribution in [3.8, 4) is 6.07 Å². The first-order valence-electron chi connectivity index (χ1n) is 6.43. The minimum Gasteiger partial charge on any atom is -0.317 e. The zero-order chi connectivity index (χ0) is 19.8. The van der Waals surface area contributed by atoms with Gasteiger partial charge in [-0.05, 0) is 18.2 Å². The molecule has 2 rings (SSSR count). The molecule has 136 valence electrons. The highest BCUT2D eigenvalue weighted by atomic mass is 19.4. The van der Waals surface area contributed by atoms with E-state index in [-0.39, 0.29) is 5.56 Å². The van der Waals surface area contributed by atoms with Crippen molar-refractivity contribution in [3.05, 3.63) is 64.0 Å². The molecule has 2 aromatic carbocycles. The molecule has 2 aromatic rings. The number of alkyl halides is 3. The van der Waals surface area contributed by atoms with E-state index in [1.807, 2.05) is 0 Å². The van der Waals surface area contributed by atoms with E-state index >= 15 is 0 Å². The molecule has 0 unspecified atom stereocenters. The minimum atomic E-state index is -5.74. The number of rotatable bonds is 2. The van der Waals surface area contributed by atoms with Crippen molar-refractivity contribution in [1.82, 2.24) is 0 Å². The molecule has 1 N–H and O–H groups in total. The molecule has 1 amide bonds. The third-order valence-electron chi connectivity index (χ3n) is 3.13. The Balaban J connectivity index is 2.51. The molecular weight excluding hydrogens is 376 g/mol. The predicted octanol–water partition coefficient (Wildman–Crippen LogP) is 4.52. The van der Waals surface area contributed by atoms with Crippen molar-refractivity contribution in [2.75, 3.05) is 5.32 Å². The summed E-state index contributed by atoms with van der Waals surface area (Å²) in [7, 11) is 0. The Kier molecular flexibility index (Phi) is 4.88. The summed E-state index contributed by atoms with van der Waals surface area (Å²) in [4.78, 5) is 11.8. The summed E-state index contributed by atoms with van der Waals surface area (Å²) in [5, 5.41) is 9.83. The monoisotopic (exact) mass is 380 g/mol. The fourth-order valence-electron chi connectivity index (χ4n) is 1.94. The Morgan fingerprint density at radius 1 is 0.962 bits per heavy atom. The zero-order valence-electron chi connectivity index (χ0n) is 12.1. The molecule has 26 heavy (non-hydrogen) atoms. The molecular formula is C15H4F8N2O. The van der Waals surface area contributed by atoms with Crippen molar-refractivity contribution in [1.29, 1.82) is 5.26 Å². The second kappa shape index (κ2) is 6.62. The summed E-state index contributed by atoms with van der Waals surface area (Å²) in [5.41, 5.74) is -5.75. The van der Waals surface area contributed by atoms with Gasteiger partial charge in [-0.15, -0.1) is 0 Å². The van der Waals surface area contributed by atoms with Crippen LogP contribution in [0.25, 0.3) is 0 Å². The number of nitrogens with one attached hydrogen (secondary N) is 1. The summed E-state index contributed by atoms with van der Waals surface area (Å²) < 4.78 is 105. The van der Waals surface area contributed by atoms with Gasteiger partial charge >= 0.3 is 6.18 Å². The van der Waals surface area contributed by atoms with Gasteiger partial charge < -0.3 is 5.32 Å². The second-order valence-electron chi connectivity index (χ2n) is 4.76. The van der Waals surface area contributed by atoms with Crippen LogP contribution in [-0.2, 0) is 6.18 Å². The lowest BCUT2D eigenvalue weighted by Crippen LogP contribution is -2.21. The number of nitrogens with zero attached hydrogens (tertiary/aromatic N) is 1. The molecule has 11 heteroatoms. The quantitative estimate of drug-likeness (QED) is 0.615. The fourth-order valence-corrected chi connectivity index (χ4v) is 1.94. The number of carbonyl (C=O) groups is 1. The van der Waals surface area contributed by atoms with E-state index in [1.165, 1.54) is 11.4 Å². The van der Waals surface area contributed by atoms with Crippen LogP contribution in [0.5, 0.6) is 0 Å². The van der Waals surface area contributed by atoms with E-state index in [4.69, 9.17) is 5.26 Å². The zero-order valence-corrected chi connectivity index (χ0v) is 12.1. The van der Waals surface area contributed by atoms with Crippen LogP contribution in [0.1, 0.15) is 21.5 Å². The first kappa shape index (κ1) is 19.2. The summed E-state index contributed by atoms with van der Waals surface area (Å²) in [6.07, 6.45) is -5.74.